The molecule has 1 aliphatic heterocycles. The van der Waals surface area contributed by atoms with E-state index in [-0.39, 0.29) is 29.7 Å². The first-order valence-corrected chi connectivity index (χ1v) is 7.41. The molecule has 0 unspecified atom stereocenters. The first-order chi connectivity index (χ1) is 11.4. The third-order valence-electron chi connectivity index (χ3n) is 3.55. The van der Waals surface area contributed by atoms with Crippen LogP contribution in [0.2, 0.25) is 0 Å². The van der Waals surface area contributed by atoms with Gasteiger partial charge in [-0.3, -0.25) is 9.59 Å². The van der Waals surface area contributed by atoms with Gasteiger partial charge >= 0.3 is 0 Å². The summed E-state index contributed by atoms with van der Waals surface area (Å²) >= 11 is 0. The van der Waals surface area contributed by atoms with Gasteiger partial charge in [-0.25, -0.2) is 4.39 Å². The maximum Gasteiger partial charge on any atom is 0.232 e. The smallest absolute Gasteiger partial charge is 0.232 e. The molecular weight excluding hydrogens is 311 g/mol. The Morgan fingerprint density at radius 1 is 1.25 bits per heavy atom. The SMILES string of the molecule is CC(=O)COc1cc(C)c2c(c1)O/C(=C\c1ccc(F)cc1)C2=O. The van der Waals surface area contributed by atoms with Crippen molar-refractivity contribution in [1.82, 2.24) is 0 Å². The Balaban J connectivity index is 1.90. The van der Waals surface area contributed by atoms with E-state index in [0.717, 1.165) is 0 Å². The summed E-state index contributed by atoms with van der Waals surface area (Å²) < 4.78 is 24.0. The standard InChI is InChI=1S/C19H15FO4/c1-11-7-15(23-10-12(2)21)9-16-18(11)19(22)17(24-16)8-13-3-5-14(20)6-4-13/h3-9H,10H2,1-2H3/b17-8-. The summed E-state index contributed by atoms with van der Waals surface area (Å²) in [6.45, 7) is 3.18. The van der Waals surface area contributed by atoms with Gasteiger partial charge in [-0.05, 0) is 49.2 Å². The van der Waals surface area contributed by atoms with Crippen molar-refractivity contribution in [3.8, 4) is 11.5 Å². The Morgan fingerprint density at radius 2 is 1.96 bits per heavy atom. The van der Waals surface area contributed by atoms with E-state index in [4.69, 9.17) is 9.47 Å². The molecule has 1 aliphatic rings. The number of allylic oxidation sites excluding steroid dienone is 1. The minimum Gasteiger partial charge on any atom is -0.486 e. The lowest BCUT2D eigenvalue weighted by Crippen LogP contribution is -2.06. The number of hydrogen-bond acceptors (Lipinski definition) is 4. The highest BCUT2D eigenvalue weighted by atomic mass is 19.1. The van der Waals surface area contributed by atoms with Crippen LogP contribution in [0.4, 0.5) is 4.39 Å². The van der Waals surface area contributed by atoms with E-state index in [9.17, 15) is 14.0 Å². The fourth-order valence-corrected chi connectivity index (χ4v) is 2.46. The van der Waals surface area contributed by atoms with Crippen LogP contribution >= 0.6 is 0 Å². The predicted octanol–water partition coefficient (Wildman–Crippen LogP) is 3.72. The van der Waals surface area contributed by atoms with Gasteiger partial charge in [-0.2, -0.15) is 0 Å². The Hall–Kier alpha value is -2.95. The lowest BCUT2D eigenvalue weighted by Gasteiger charge is -2.07. The molecule has 5 heteroatoms. The number of aryl methyl sites for hydroxylation is 1. The van der Waals surface area contributed by atoms with Gasteiger partial charge in [-0.15, -0.1) is 0 Å². The second-order valence-electron chi connectivity index (χ2n) is 5.60. The Labute approximate surface area is 138 Å². The predicted molar refractivity (Wildman–Crippen MR) is 86.7 cm³/mol. The molecule has 0 radical (unpaired) electrons. The second kappa shape index (κ2) is 6.28. The second-order valence-corrected chi connectivity index (χ2v) is 5.60. The number of hydrogen-bond donors (Lipinski definition) is 0. The van der Waals surface area contributed by atoms with Crippen molar-refractivity contribution in [2.45, 2.75) is 13.8 Å². The average Bonchev–Trinajstić information content (AvgIpc) is 2.84. The Morgan fingerprint density at radius 3 is 2.62 bits per heavy atom. The van der Waals surface area contributed by atoms with Gasteiger partial charge in [0, 0.05) is 6.07 Å². The van der Waals surface area contributed by atoms with Gasteiger partial charge in [0.25, 0.3) is 0 Å². The summed E-state index contributed by atoms with van der Waals surface area (Å²) in [5.41, 5.74) is 1.84. The van der Waals surface area contributed by atoms with Crippen LogP contribution in [0.15, 0.2) is 42.2 Å². The number of benzene rings is 2. The number of Topliss-reactive ketones (excluding diaryl/α,β-unsaturated/α-hetero) is 2. The summed E-state index contributed by atoms with van der Waals surface area (Å²) in [6.07, 6.45) is 1.57. The molecule has 0 spiro atoms. The molecule has 0 fully saturated rings. The average molecular weight is 326 g/mol. The van der Waals surface area contributed by atoms with Crippen molar-refractivity contribution in [3.63, 3.8) is 0 Å². The molecule has 2 aromatic carbocycles. The highest BCUT2D eigenvalue weighted by Crippen LogP contribution is 2.37. The fourth-order valence-electron chi connectivity index (χ4n) is 2.46. The first kappa shape index (κ1) is 15.9. The molecule has 0 saturated heterocycles. The van der Waals surface area contributed by atoms with Gasteiger partial charge in [0.05, 0.1) is 5.56 Å². The zero-order chi connectivity index (χ0) is 17.3. The molecule has 0 amide bonds. The molecule has 0 bridgehead atoms. The van der Waals surface area contributed by atoms with Crippen LogP contribution < -0.4 is 9.47 Å². The fraction of sp³-hybridized carbons (Fsp3) is 0.158. The van der Waals surface area contributed by atoms with E-state index in [1.807, 2.05) is 0 Å². The quantitative estimate of drug-likeness (QED) is 0.804. The van der Waals surface area contributed by atoms with Gasteiger partial charge < -0.3 is 9.47 Å². The van der Waals surface area contributed by atoms with Gasteiger partial charge in [0.1, 0.15) is 23.9 Å². The largest absolute Gasteiger partial charge is 0.486 e. The molecule has 0 atom stereocenters. The summed E-state index contributed by atoms with van der Waals surface area (Å²) in [5.74, 6) is 0.363. The number of carbonyl (C=O) groups is 2. The molecular formula is C19H15FO4. The van der Waals surface area contributed by atoms with Crippen molar-refractivity contribution < 1.29 is 23.5 Å². The molecule has 0 N–H and O–H groups in total. The molecule has 0 aliphatic carbocycles. The lowest BCUT2D eigenvalue weighted by molar-refractivity contribution is -0.118. The van der Waals surface area contributed by atoms with E-state index >= 15 is 0 Å². The minimum absolute atomic E-state index is 0.0373. The van der Waals surface area contributed by atoms with Crippen LogP contribution in [-0.4, -0.2) is 18.2 Å². The van der Waals surface area contributed by atoms with Crippen LogP contribution in [0.1, 0.15) is 28.4 Å². The molecule has 1 heterocycles. The minimum atomic E-state index is -0.345. The van der Waals surface area contributed by atoms with E-state index < -0.39 is 0 Å². The monoisotopic (exact) mass is 326 g/mol. The van der Waals surface area contributed by atoms with Gasteiger partial charge in [0.15, 0.2) is 11.5 Å². The molecule has 122 valence electrons. The van der Waals surface area contributed by atoms with Crippen molar-refractivity contribution in [2.24, 2.45) is 0 Å². The van der Waals surface area contributed by atoms with E-state index in [1.165, 1.54) is 19.1 Å². The van der Waals surface area contributed by atoms with E-state index in [2.05, 4.69) is 0 Å². The normalized spacial score (nSPS) is 14.5. The van der Waals surface area contributed by atoms with E-state index in [0.29, 0.717) is 28.2 Å². The summed E-state index contributed by atoms with van der Waals surface area (Å²) in [5, 5.41) is 0. The number of carbonyl (C=O) groups excluding carboxylic acids is 2. The molecule has 4 nitrogen and oxygen atoms in total. The highest BCUT2D eigenvalue weighted by Gasteiger charge is 2.30. The van der Waals surface area contributed by atoms with Crippen molar-refractivity contribution in [1.29, 1.82) is 0 Å². The number of ether oxygens (including phenoxy) is 2. The zero-order valence-electron chi connectivity index (χ0n) is 13.3. The number of fused-ring (bicyclic) bond motifs is 1. The molecule has 3 rings (SSSR count). The molecule has 0 aromatic heterocycles. The third kappa shape index (κ3) is 3.20. The van der Waals surface area contributed by atoms with Crippen LogP contribution in [-0.2, 0) is 4.79 Å². The van der Waals surface area contributed by atoms with E-state index in [1.54, 1.807) is 37.3 Å². The highest BCUT2D eigenvalue weighted by molar-refractivity contribution is 6.15. The summed E-state index contributed by atoms with van der Waals surface area (Å²) in [7, 11) is 0. The van der Waals surface area contributed by atoms with Crippen LogP contribution in [0.3, 0.4) is 0 Å². The van der Waals surface area contributed by atoms with Crippen molar-refractivity contribution in [3.05, 3.63) is 64.7 Å². The third-order valence-corrected chi connectivity index (χ3v) is 3.55. The maximum absolute atomic E-state index is 13.0. The Bertz CT molecular complexity index is 850. The number of halogens is 1. The molecule has 24 heavy (non-hydrogen) atoms. The van der Waals surface area contributed by atoms with Crippen LogP contribution in [0, 0.1) is 12.7 Å². The topological polar surface area (TPSA) is 52.6 Å². The first-order valence-electron chi connectivity index (χ1n) is 7.41. The van der Waals surface area contributed by atoms with Crippen LogP contribution in [0.5, 0.6) is 11.5 Å². The number of rotatable bonds is 4. The zero-order valence-corrected chi connectivity index (χ0v) is 13.3. The van der Waals surface area contributed by atoms with Crippen molar-refractivity contribution >= 4 is 17.6 Å². The number of ketones is 2. The molecule has 2 aromatic rings. The van der Waals surface area contributed by atoms with Crippen LogP contribution in [0.25, 0.3) is 6.08 Å². The summed E-state index contributed by atoms with van der Waals surface area (Å²) in [4.78, 5) is 23.5. The van der Waals surface area contributed by atoms with Gasteiger partial charge in [-0.1, -0.05) is 12.1 Å². The summed E-state index contributed by atoms with van der Waals surface area (Å²) in [6, 6.07) is 9.06. The lowest BCUT2D eigenvalue weighted by atomic mass is 10.0. The van der Waals surface area contributed by atoms with Gasteiger partial charge in [0.2, 0.25) is 5.78 Å². The molecule has 0 saturated carbocycles. The Kier molecular flexibility index (Phi) is 4.16. The maximum atomic E-state index is 13.0. The van der Waals surface area contributed by atoms with Crippen molar-refractivity contribution in [2.75, 3.05) is 6.61 Å².